The summed E-state index contributed by atoms with van der Waals surface area (Å²) in [5, 5.41) is 4.27. The summed E-state index contributed by atoms with van der Waals surface area (Å²) in [6.07, 6.45) is 3.44. The standard InChI is InChI=1S/C30H24Cl3N3O3/c31-21-7-9-23(24(32)18-21)27-11-12-28(39-27)30(38)34-22-8-10-26(25(33)19-22)35-14-16-36(17-15-35)29(37)13-6-20-4-2-1-3-5-20/h1-13,18-19H,14-17H2,(H,34,38)/b13-6+. The first-order valence-electron chi connectivity index (χ1n) is 12.3. The number of amides is 2. The number of carbonyl (C=O) groups excluding carboxylic acids is 2. The number of piperazine rings is 1. The summed E-state index contributed by atoms with van der Waals surface area (Å²) in [4.78, 5) is 29.3. The molecular formula is C30H24Cl3N3O3. The average Bonchev–Trinajstić information content (AvgIpc) is 3.43. The van der Waals surface area contributed by atoms with Gasteiger partial charge in [-0.05, 0) is 60.2 Å². The molecule has 1 saturated heterocycles. The van der Waals surface area contributed by atoms with Gasteiger partial charge in [0, 0.05) is 48.5 Å². The summed E-state index contributed by atoms with van der Waals surface area (Å²) >= 11 is 18.8. The van der Waals surface area contributed by atoms with Gasteiger partial charge in [-0.25, -0.2) is 0 Å². The highest BCUT2D eigenvalue weighted by Crippen LogP contribution is 2.33. The number of hydrogen-bond acceptors (Lipinski definition) is 4. The van der Waals surface area contributed by atoms with Gasteiger partial charge in [-0.2, -0.15) is 0 Å². The fourth-order valence-corrected chi connectivity index (χ4v) is 5.13. The van der Waals surface area contributed by atoms with Gasteiger partial charge < -0.3 is 19.5 Å². The summed E-state index contributed by atoms with van der Waals surface area (Å²) < 4.78 is 5.73. The van der Waals surface area contributed by atoms with E-state index >= 15 is 0 Å². The Balaban J connectivity index is 1.18. The van der Waals surface area contributed by atoms with Crippen molar-refractivity contribution in [2.75, 3.05) is 36.4 Å². The molecule has 3 aromatic carbocycles. The molecule has 9 heteroatoms. The molecule has 0 unspecified atom stereocenters. The quantitative estimate of drug-likeness (QED) is 0.240. The largest absolute Gasteiger partial charge is 0.451 e. The molecule has 0 spiro atoms. The van der Waals surface area contributed by atoms with Crippen LogP contribution in [0, 0.1) is 0 Å². The van der Waals surface area contributed by atoms with Gasteiger partial charge in [0.2, 0.25) is 5.91 Å². The lowest BCUT2D eigenvalue weighted by Gasteiger charge is -2.36. The van der Waals surface area contributed by atoms with Gasteiger partial charge in [0.1, 0.15) is 5.76 Å². The number of rotatable bonds is 6. The van der Waals surface area contributed by atoms with Crippen LogP contribution in [0.5, 0.6) is 0 Å². The number of nitrogens with one attached hydrogen (secondary N) is 1. The molecule has 2 heterocycles. The van der Waals surface area contributed by atoms with Gasteiger partial charge in [-0.15, -0.1) is 0 Å². The predicted molar refractivity (Wildman–Crippen MR) is 158 cm³/mol. The number of furan rings is 1. The normalized spacial score (nSPS) is 13.6. The summed E-state index contributed by atoms with van der Waals surface area (Å²) in [6.45, 7) is 2.48. The first-order valence-corrected chi connectivity index (χ1v) is 13.4. The van der Waals surface area contributed by atoms with Crippen molar-refractivity contribution in [2.24, 2.45) is 0 Å². The third-order valence-corrected chi connectivity index (χ3v) is 7.23. The zero-order chi connectivity index (χ0) is 27.4. The molecule has 4 aromatic rings. The van der Waals surface area contributed by atoms with Crippen molar-refractivity contribution in [1.29, 1.82) is 0 Å². The molecule has 0 saturated carbocycles. The summed E-state index contributed by atoms with van der Waals surface area (Å²) in [5.41, 5.74) is 3.01. The van der Waals surface area contributed by atoms with Gasteiger partial charge in [0.05, 0.1) is 15.7 Å². The van der Waals surface area contributed by atoms with Gasteiger partial charge in [-0.3, -0.25) is 9.59 Å². The molecule has 0 atom stereocenters. The highest BCUT2D eigenvalue weighted by molar-refractivity contribution is 6.36. The molecule has 1 aromatic heterocycles. The topological polar surface area (TPSA) is 65.8 Å². The highest BCUT2D eigenvalue weighted by atomic mass is 35.5. The Morgan fingerprint density at radius 1 is 0.821 bits per heavy atom. The molecule has 2 amide bonds. The van der Waals surface area contributed by atoms with Crippen LogP contribution >= 0.6 is 34.8 Å². The van der Waals surface area contributed by atoms with Crippen molar-refractivity contribution in [3.63, 3.8) is 0 Å². The van der Waals surface area contributed by atoms with Crippen LogP contribution in [0.1, 0.15) is 16.1 Å². The minimum absolute atomic E-state index is 0.0120. The maximum Gasteiger partial charge on any atom is 0.291 e. The van der Waals surface area contributed by atoms with E-state index in [0.717, 1.165) is 11.3 Å². The molecule has 0 radical (unpaired) electrons. The minimum atomic E-state index is -0.411. The Hall–Kier alpha value is -3.71. The van der Waals surface area contributed by atoms with Crippen LogP contribution in [0.15, 0.2) is 89.4 Å². The number of hydrogen-bond donors (Lipinski definition) is 1. The van der Waals surface area contributed by atoms with Gasteiger partial charge >= 0.3 is 0 Å². The van der Waals surface area contributed by atoms with Crippen molar-refractivity contribution in [1.82, 2.24) is 4.90 Å². The van der Waals surface area contributed by atoms with Crippen molar-refractivity contribution in [3.8, 4) is 11.3 Å². The maximum atomic E-state index is 12.8. The van der Waals surface area contributed by atoms with Gasteiger partial charge in [0.25, 0.3) is 5.91 Å². The molecule has 0 aliphatic carbocycles. The number of nitrogens with zero attached hydrogens (tertiary/aromatic N) is 2. The lowest BCUT2D eigenvalue weighted by molar-refractivity contribution is -0.126. The molecule has 39 heavy (non-hydrogen) atoms. The molecule has 1 aliphatic rings. The third kappa shape index (κ3) is 6.48. The van der Waals surface area contributed by atoms with Crippen LogP contribution in [0.3, 0.4) is 0 Å². The van der Waals surface area contributed by atoms with E-state index in [2.05, 4.69) is 10.2 Å². The van der Waals surface area contributed by atoms with E-state index in [-0.39, 0.29) is 11.7 Å². The van der Waals surface area contributed by atoms with Crippen molar-refractivity contribution in [2.45, 2.75) is 0 Å². The molecule has 5 rings (SSSR count). The zero-order valence-electron chi connectivity index (χ0n) is 20.7. The Bertz CT molecular complexity index is 1530. The lowest BCUT2D eigenvalue weighted by atomic mass is 10.2. The van der Waals surface area contributed by atoms with Crippen LogP contribution in [-0.2, 0) is 4.79 Å². The number of benzene rings is 3. The molecular weight excluding hydrogens is 557 g/mol. The predicted octanol–water partition coefficient (Wildman–Crippen LogP) is 7.52. The summed E-state index contributed by atoms with van der Waals surface area (Å²) in [6, 6.07) is 23.4. The number of halogens is 3. The highest BCUT2D eigenvalue weighted by Gasteiger charge is 2.22. The van der Waals surface area contributed by atoms with Gasteiger partial charge in [0.15, 0.2) is 5.76 Å². The molecule has 198 valence electrons. The molecule has 6 nitrogen and oxygen atoms in total. The van der Waals surface area contributed by atoms with E-state index in [4.69, 9.17) is 39.2 Å². The van der Waals surface area contributed by atoms with E-state index in [1.165, 1.54) is 0 Å². The smallest absolute Gasteiger partial charge is 0.291 e. The monoisotopic (exact) mass is 579 g/mol. The van der Waals surface area contributed by atoms with Crippen molar-refractivity contribution in [3.05, 3.63) is 111 Å². The maximum absolute atomic E-state index is 12.8. The number of carbonyl (C=O) groups is 2. The van der Waals surface area contributed by atoms with Crippen LogP contribution in [0.25, 0.3) is 17.4 Å². The molecule has 1 aliphatic heterocycles. The molecule has 1 N–H and O–H groups in total. The zero-order valence-corrected chi connectivity index (χ0v) is 23.0. The minimum Gasteiger partial charge on any atom is -0.451 e. The van der Waals surface area contributed by atoms with Gasteiger partial charge in [-0.1, -0.05) is 65.1 Å². The number of anilines is 2. The first kappa shape index (κ1) is 26.9. The van der Waals surface area contributed by atoms with E-state index < -0.39 is 5.91 Å². The fourth-order valence-electron chi connectivity index (χ4n) is 4.33. The second-order valence-electron chi connectivity index (χ2n) is 8.96. The summed E-state index contributed by atoms with van der Waals surface area (Å²) in [5.74, 6) is 0.176. The lowest BCUT2D eigenvalue weighted by Crippen LogP contribution is -2.48. The Morgan fingerprint density at radius 3 is 2.31 bits per heavy atom. The first-order chi connectivity index (χ1) is 18.9. The van der Waals surface area contributed by atoms with Crippen molar-refractivity contribution >= 4 is 64.1 Å². The molecule has 1 fully saturated rings. The summed E-state index contributed by atoms with van der Waals surface area (Å²) in [7, 11) is 0. The third-order valence-electron chi connectivity index (χ3n) is 6.38. The fraction of sp³-hybridized carbons (Fsp3) is 0.133. The van der Waals surface area contributed by atoms with Crippen LogP contribution < -0.4 is 10.2 Å². The van der Waals surface area contributed by atoms with E-state index in [0.29, 0.717) is 58.3 Å². The van der Waals surface area contributed by atoms with E-state index in [1.54, 1.807) is 48.5 Å². The Labute approximate surface area is 241 Å². The van der Waals surface area contributed by atoms with Crippen LogP contribution in [-0.4, -0.2) is 42.9 Å². The van der Waals surface area contributed by atoms with E-state index in [1.807, 2.05) is 47.4 Å². The van der Waals surface area contributed by atoms with Crippen LogP contribution in [0.4, 0.5) is 11.4 Å². The van der Waals surface area contributed by atoms with E-state index in [9.17, 15) is 9.59 Å². The van der Waals surface area contributed by atoms with Crippen LogP contribution in [0.2, 0.25) is 15.1 Å². The van der Waals surface area contributed by atoms with Crippen molar-refractivity contribution < 1.29 is 14.0 Å². The second-order valence-corrected chi connectivity index (χ2v) is 10.2. The SMILES string of the molecule is O=C(Nc1ccc(N2CCN(C(=O)/C=C/c3ccccc3)CC2)c(Cl)c1)c1ccc(-c2ccc(Cl)cc2Cl)o1. The molecule has 0 bridgehead atoms. The second kappa shape index (κ2) is 12.0. The Morgan fingerprint density at radius 2 is 1.59 bits per heavy atom. The Kier molecular flexibility index (Phi) is 8.27. The average molecular weight is 581 g/mol.